The van der Waals surface area contributed by atoms with E-state index < -0.39 is 0 Å². The van der Waals surface area contributed by atoms with E-state index in [4.69, 9.17) is 0 Å². The van der Waals surface area contributed by atoms with Crippen LogP contribution in [0.5, 0.6) is 0 Å². The second kappa shape index (κ2) is 12.2. The summed E-state index contributed by atoms with van der Waals surface area (Å²) < 4.78 is 1.89. The van der Waals surface area contributed by atoms with E-state index in [9.17, 15) is 4.79 Å². The molecular weight excluding hydrogens is 472 g/mol. The molecule has 0 saturated carbocycles. The normalized spacial score (nSPS) is 20.2. The highest BCUT2D eigenvalue weighted by molar-refractivity contribution is 5.75. The molecule has 2 amide bonds. The van der Waals surface area contributed by atoms with Crippen molar-refractivity contribution in [1.82, 2.24) is 24.3 Å². The predicted octanol–water partition coefficient (Wildman–Crippen LogP) is 5.40. The highest BCUT2D eigenvalue weighted by atomic mass is 16.2. The minimum absolute atomic E-state index is 0.212. The number of hydrogen-bond donors (Lipinski definition) is 0. The molecule has 1 aromatic carbocycles. The van der Waals surface area contributed by atoms with Gasteiger partial charge in [0.15, 0.2) is 0 Å². The molecule has 0 atom stereocenters. The molecule has 204 valence electrons. The fraction of sp³-hybridized carbons (Fsp3) is 0.548. The van der Waals surface area contributed by atoms with Gasteiger partial charge in [-0.2, -0.15) is 5.10 Å². The second-order valence-corrected chi connectivity index (χ2v) is 10.9. The molecular formula is C31H44N6O. The first-order valence-electron chi connectivity index (χ1n) is 14.6. The Hall–Kier alpha value is -3.06. The van der Waals surface area contributed by atoms with Crippen LogP contribution in [0.2, 0.25) is 0 Å². The number of benzene rings is 1. The van der Waals surface area contributed by atoms with Gasteiger partial charge in [0.05, 0.1) is 11.4 Å². The number of piperazine rings is 1. The lowest BCUT2D eigenvalue weighted by Crippen LogP contribution is -2.53. The van der Waals surface area contributed by atoms with Gasteiger partial charge in [-0.25, -0.2) is 9.47 Å². The number of nitrogens with zero attached hydrogens (tertiary/aromatic N) is 6. The number of allylic oxidation sites excluding steroid dienone is 1. The Balaban J connectivity index is 1.25. The molecule has 0 radical (unpaired) electrons. The Labute approximate surface area is 228 Å². The van der Waals surface area contributed by atoms with Gasteiger partial charge < -0.3 is 19.6 Å². The van der Waals surface area contributed by atoms with Crippen LogP contribution in [-0.2, 0) is 0 Å². The summed E-state index contributed by atoms with van der Waals surface area (Å²) in [5.41, 5.74) is 6.00. The van der Waals surface area contributed by atoms with Crippen LogP contribution in [0.3, 0.4) is 0 Å². The Morgan fingerprint density at radius 3 is 2.13 bits per heavy atom. The summed E-state index contributed by atoms with van der Waals surface area (Å²) in [6.07, 6.45) is 10.2. The zero-order valence-corrected chi connectivity index (χ0v) is 23.3. The molecule has 5 rings (SSSR count). The van der Waals surface area contributed by atoms with E-state index in [0.717, 1.165) is 75.6 Å². The van der Waals surface area contributed by atoms with Gasteiger partial charge in [-0.05, 0) is 81.8 Å². The first kappa shape index (κ1) is 26.5. The van der Waals surface area contributed by atoms with E-state index in [-0.39, 0.29) is 6.03 Å². The second-order valence-electron chi connectivity index (χ2n) is 10.9. The Morgan fingerprint density at radius 1 is 0.895 bits per heavy atom. The van der Waals surface area contributed by atoms with Crippen molar-refractivity contribution in [3.8, 4) is 11.1 Å². The summed E-state index contributed by atoms with van der Waals surface area (Å²) in [6, 6.07) is 11.6. The molecule has 7 heteroatoms. The number of amides is 2. The van der Waals surface area contributed by atoms with E-state index in [2.05, 4.69) is 78.1 Å². The van der Waals surface area contributed by atoms with Crippen molar-refractivity contribution >= 4 is 18.4 Å². The maximum Gasteiger partial charge on any atom is 0.320 e. The van der Waals surface area contributed by atoms with Crippen LogP contribution >= 0.6 is 0 Å². The molecule has 7 nitrogen and oxygen atoms in total. The minimum atomic E-state index is 0.212. The summed E-state index contributed by atoms with van der Waals surface area (Å²) in [4.78, 5) is 22.0. The molecule has 3 aliphatic heterocycles. The largest absolute Gasteiger partial charge is 0.367 e. The highest BCUT2D eigenvalue weighted by Gasteiger charge is 2.28. The monoisotopic (exact) mass is 516 g/mol. The number of carbonyl (C=O) groups is 1. The van der Waals surface area contributed by atoms with Crippen LogP contribution < -0.4 is 0 Å². The van der Waals surface area contributed by atoms with Gasteiger partial charge in [-0.3, -0.25) is 0 Å². The first-order chi connectivity index (χ1) is 18.6. The van der Waals surface area contributed by atoms with Crippen molar-refractivity contribution < 1.29 is 4.79 Å². The number of carbonyl (C=O) groups excluding carboxylic acids is 1. The Morgan fingerprint density at radius 2 is 1.53 bits per heavy atom. The van der Waals surface area contributed by atoms with Crippen molar-refractivity contribution in [3.63, 3.8) is 0 Å². The average Bonchev–Trinajstić information content (AvgIpc) is 3.42. The molecule has 3 saturated heterocycles. The van der Waals surface area contributed by atoms with Crippen LogP contribution in [0.15, 0.2) is 47.7 Å². The van der Waals surface area contributed by atoms with E-state index in [1.165, 1.54) is 43.5 Å². The molecule has 0 N–H and O–H groups in total. The van der Waals surface area contributed by atoms with Crippen molar-refractivity contribution in [2.45, 2.75) is 51.9 Å². The fourth-order valence-electron chi connectivity index (χ4n) is 6.36. The first-order valence-corrected chi connectivity index (χ1v) is 14.6. The third-order valence-electron chi connectivity index (χ3n) is 8.76. The van der Waals surface area contributed by atoms with Crippen molar-refractivity contribution in [3.05, 3.63) is 53.9 Å². The maximum absolute atomic E-state index is 13.0. The lowest BCUT2D eigenvalue weighted by Gasteiger charge is -2.40. The molecule has 38 heavy (non-hydrogen) atoms. The number of aromatic nitrogens is 1. The van der Waals surface area contributed by atoms with Gasteiger partial charge in [-0.1, -0.05) is 37.3 Å². The number of urea groups is 1. The van der Waals surface area contributed by atoms with Crippen LogP contribution in [0.4, 0.5) is 4.79 Å². The summed E-state index contributed by atoms with van der Waals surface area (Å²) >= 11 is 0. The van der Waals surface area contributed by atoms with Gasteiger partial charge in [0, 0.05) is 57.7 Å². The number of piperidine rings is 2. The van der Waals surface area contributed by atoms with Crippen LogP contribution in [-0.4, -0.2) is 95.9 Å². The van der Waals surface area contributed by atoms with E-state index in [1.54, 1.807) is 0 Å². The SMILES string of the molecule is C=Nn1cc(-c2ccc(C3CCN(CC)CC3)cc2)cc1/C(=C\C)N1CCN(C(=O)N2CCCCC2)CC1. The van der Waals surface area contributed by atoms with E-state index in [0.29, 0.717) is 5.92 Å². The van der Waals surface area contributed by atoms with Crippen molar-refractivity contribution in [2.75, 3.05) is 58.9 Å². The Kier molecular flexibility index (Phi) is 8.52. The molecule has 0 bridgehead atoms. The van der Waals surface area contributed by atoms with Crippen LogP contribution in [0.25, 0.3) is 16.8 Å². The molecule has 0 spiro atoms. The number of rotatable bonds is 6. The smallest absolute Gasteiger partial charge is 0.320 e. The highest BCUT2D eigenvalue weighted by Crippen LogP contribution is 2.32. The summed E-state index contributed by atoms with van der Waals surface area (Å²) in [5.74, 6) is 0.664. The molecule has 2 aromatic rings. The van der Waals surface area contributed by atoms with Gasteiger partial charge in [0.25, 0.3) is 0 Å². The molecule has 3 fully saturated rings. The zero-order valence-electron chi connectivity index (χ0n) is 23.3. The summed E-state index contributed by atoms with van der Waals surface area (Å²) in [5, 5.41) is 4.31. The maximum atomic E-state index is 13.0. The Bertz CT molecular complexity index is 1110. The van der Waals surface area contributed by atoms with Crippen molar-refractivity contribution in [1.29, 1.82) is 0 Å². The molecule has 4 heterocycles. The lowest BCUT2D eigenvalue weighted by molar-refractivity contribution is 0.123. The quantitative estimate of drug-likeness (QED) is 0.483. The van der Waals surface area contributed by atoms with Gasteiger partial charge in [-0.15, -0.1) is 0 Å². The predicted molar refractivity (Wildman–Crippen MR) is 157 cm³/mol. The fourth-order valence-corrected chi connectivity index (χ4v) is 6.36. The lowest BCUT2D eigenvalue weighted by atomic mass is 9.88. The van der Waals surface area contributed by atoms with E-state index in [1.807, 2.05) is 14.5 Å². The topological polar surface area (TPSA) is 47.3 Å². The zero-order chi connectivity index (χ0) is 26.5. The van der Waals surface area contributed by atoms with Crippen LogP contribution in [0.1, 0.15) is 63.1 Å². The molecule has 1 aromatic heterocycles. The summed E-state index contributed by atoms with van der Waals surface area (Å²) in [6.45, 7) is 16.7. The molecule has 0 unspecified atom stereocenters. The van der Waals surface area contributed by atoms with Gasteiger partial charge >= 0.3 is 6.03 Å². The third kappa shape index (κ3) is 5.68. The van der Waals surface area contributed by atoms with Crippen molar-refractivity contribution in [2.24, 2.45) is 5.10 Å². The van der Waals surface area contributed by atoms with Crippen LogP contribution in [0, 0.1) is 0 Å². The summed E-state index contributed by atoms with van der Waals surface area (Å²) in [7, 11) is 0. The average molecular weight is 517 g/mol. The number of likely N-dealkylation sites (tertiary alicyclic amines) is 2. The van der Waals surface area contributed by atoms with E-state index >= 15 is 0 Å². The standard InChI is InChI=1S/C31H44N6O/c1-4-29(34-19-21-36(22-20-34)31(38)35-15-7-6-8-16-35)30-23-28(24-37(30)32-3)26-11-9-25(10-12-26)27-13-17-33(5-2)18-14-27/h4,9-12,23-24,27H,3,5-8,13-22H2,1-2H3/b29-4+. The van der Waals surface area contributed by atoms with Gasteiger partial charge in [0.2, 0.25) is 0 Å². The third-order valence-corrected chi connectivity index (χ3v) is 8.76. The molecule has 0 aliphatic carbocycles. The number of hydrogen-bond acceptors (Lipinski definition) is 4. The molecule has 3 aliphatic rings. The van der Waals surface area contributed by atoms with Gasteiger partial charge in [0.1, 0.15) is 0 Å². The minimum Gasteiger partial charge on any atom is -0.367 e.